The number of nitrogens with one attached hydrogen (secondary N) is 2. The van der Waals surface area contributed by atoms with Gasteiger partial charge in [0.1, 0.15) is 18.1 Å². The van der Waals surface area contributed by atoms with Gasteiger partial charge in [-0.05, 0) is 42.3 Å². The van der Waals surface area contributed by atoms with Gasteiger partial charge in [0.25, 0.3) is 0 Å². The molecule has 2 N–H and O–H groups in total. The molecule has 2 aromatic carbocycles. The van der Waals surface area contributed by atoms with Gasteiger partial charge >= 0.3 is 6.03 Å². The lowest BCUT2D eigenvalue weighted by Gasteiger charge is -2.18. The number of fused-ring (bicyclic) bond motifs is 1. The topological polar surface area (TPSA) is 66.6 Å². The highest BCUT2D eigenvalue weighted by Crippen LogP contribution is 2.18. The number of carbonyl (C=O) groups excluding carboxylic acids is 1. The zero-order valence-corrected chi connectivity index (χ0v) is 15.7. The molecule has 0 atom stereocenters. The Bertz CT molecular complexity index is 874. The van der Waals surface area contributed by atoms with Crippen LogP contribution in [0, 0.1) is 0 Å². The Morgan fingerprint density at radius 3 is 2.63 bits per heavy atom. The second-order valence-electron chi connectivity index (χ2n) is 6.29. The average Bonchev–Trinajstić information content (AvgIpc) is 3.11. The maximum Gasteiger partial charge on any atom is 0.317 e. The minimum Gasteiger partial charge on any atom is -0.497 e. The standard InChI is InChI=1S/C21H25N3O3/c1-24(13-14-27-18-9-7-17(26-2)8-10-18)21(25)22-12-11-16-15-23-20-6-4-3-5-19(16)20/h3-10,15,23H,11-14H2,1-2H3,(H,22,25). The smallest absolute Gasteiger partial charge is 0.317 e. The summed E-state index contributed by atoms with van der Waals surface area (Å²) < 4.78 is 10.8. The number of aromatic nitrogens is 1. The normalized spacial score (nSPS) is 10.6. The molecule has 3 rings (SSSR count). The molecule has 3 aromatic rings. The Kier molecular flexibility index (Phi) is 6.20. The van der Waals surface area contributed by atoms with Crippen molar-refractivity contribution in [2.24, 2.45) is 0 Å². The molecule has 2 amide bonds. The number of urea groups is 1. The van der Waals surface area contributed by atoms with Crippen molar-refractivity contribution >= 4 is 16.9 Å². The van der Waals surface area contributed by atoms with Gasteiger partial charge < -0.3 is 24.7 Å². The number of hydrogen-bond acceptors (Lipinski definition) is 3. The fourth-order valence-corrected chi connectivity index (χ4v) is 2.85. The fourth-order valence-electron chi connectivity index (χ4n) is 2.85. The van der Waals surface area contributed by atoms with Crippen LogP contribution in [0.15, 0.2) is 54.7 Å². The van der Waals surface area contributed by atoms with Crippen LogP contribution in [0.2, 0.25) is 0 Å². The van der Waals surface area contributed by atoms with E-state index in [0.29, 0.717) is 19.7 Å². The summed E-state index contributed by atoms with van der Waals surface area (Å²) in [5.74, 6) is 1.54. The second-order valence-corrected chi connectivity index (χ2v) is 6.29. The molecule has 0 bridgehead atoms. The van der Waals surface area contributed by atoms with Crippen LogP contribution in [0.4, 0.5) is 4.79 Å². The number of hydrogen-bond donors (Lipinski definition) is 2. The first-order valence-corrected chi connectivity index (χ1v) is 8.98. The largest absolute Gasteiger partial charge is 0.497 e. The van der Waals surface area contributed by atoms with Crippen LogP contribution >= 0.6 is 0 Å². The van der Waals surface area contributed by atoms with Crippen molar-refractivity contribution < 1.29 is 14.3 Å². The van der Waals surface area contributed by atoms with Gasteiger partial charge in [-0.15, -0.1) is 0 Å². The lowest BCUT2D eigenvalue weighted by molar-refractivity contribution is 0.195. The third-order valence-electron chi connectivity index (χ3n) is 4.45. The van der Waals surface area contributed by atoms with Crippen molar-refractivity contribution in [3.8, 4) is 11.5 Å². The first kappa shape index (κ1) is 18.6. The van der Waals surface area contributed by atoms with E-state index < -0.39 is 0 Å². The Morgan fingerprint density at radius 2 is 1.85 bits per heavy atom. The summed E-state index contributed by atoms with van der Waals surface area (Å²) in [6.45, 7) is 1.52. The van der Waals surface area contributed by atoms with Crippen LogP contribution in [0.25, 0.3) is 10.9 Å². The Hall–Kier alpha value is -3.15. The second kappa shape index (κ2) is 8.98. The molecule has 0 saturated carbocycles. The van der Waals surface area contributed by atoms with E-state index in [1.54, 1.807) is 19.1 Å². The number of H-pyrrole nitrogens is 1. The van der Waals surface area contributed by atoms with E-state index in [0.717, 1.165) is 23.4 Å². The molecule has 27 heavy (non-hydrogen) atoms. The highest BCUT2D eigenvalue weighted by atomic mass is 16.5. The van der Waals surface area contributed by atoms with E-state index in [-0.39, 0.29) is 6.03 Å². The minimum atomic E-state index is -0.104. The Balaban J connectivity index is 1.38. The number of nitrogens with zero attached hydrogens (tertiary/aromatic N) is 1. The number of methoxy groups -OCH3 is 1. The molecule has 0 fully saturated rings. The molecular weight excluding hydrogens is 342 g/mol. The maximum atomic E-state index is 12.2. The number of likely N-dealkylation sites (N-methyl/N-ethyl adjacent to an activating group) is 1. The van der Waals surface area contributed by atoms with Crippen molar-refractivity contribution in [1.29, 1.82) is 0 Å². The first-order valence-electron chi connectivity index (χ1n) is 8.98. The lowest BCUT2D eigenvalue weighted by atomic mass is 10.1. The van der Waals surface area contributed by atoms with E-state index in [4.69, 9.17) is 9.47 Å². The molecular formula is C21H25N3O3. The molecule has 0 aliphatic heterocycles. The molecule has 142 valence electrons. The maximum absolute atomic E-state index is 12.2. The van der Waals surface area contributed by atoms with Crippen molar-refractivity contribution in [2.75, 3.05) is 33.9 Å². The molecule has 1 heterocycles. The molecule has 1 aromatic heterocycles. The first-order chi connectivity index (χ1) is 13.2. The lowest BCUT2D eigenvalue weighted by Crippen LogP contribution is -2.40. The highest BCUT2D eigenvalue weighted by Gasteiger charge is 2.09. The van der Waals surface area contributed by atoms with Gasteiger partial charge in [-0.3, -0.25) is 0 Å². The van der Waals surface area contributed by atoms with Crippen LogP contribution in [0.1, 0.15) is 5.56 Å². The zero-order valence-electron chi connectivity index (χ0n) is 15.7. The third-order valence-corrected chi connectivity index (χ3v) is 4.45. The number of amides is 2. The molecule has 0 saturated heterocycles. The Labute approximate surface area is 159 Å². The summed E-state index contributed by atoms with van der Waals surface area (Å²) in [5, 5.41) is 4.15. The minimum absolute atomic E-state index is 0.104. The van der Waals surface area contributed by atoms with Crippen LogP contribution in [-0.2, 0) is 6.42 Å². The van der Waals surface area contributed by atoms with Crippen molar-refractivity contribution in [1.82, 2.24) is 15.2 Å². The quantitative estimate of drug-likeness (QED) is 0.641. The molecule has 0 spiro atoms. The van der Waals surface area contributed by atoms with Crippen LogP contribution in [0.3, 0.4) is 0 Å². The molecule has 0 aliphatic rings. The number of aromatic amines is 1. The van der Waals surface area contributed by atoms with E-state index in [9.17, 15) is 4.79 Å². The molecule has 0 unspecified atom stereocenters. The number of carbonyl (C=O) groups is 1. The van der Waals surface area contributed by atoms with Crippen LogP contribution in [-0.4, -0.2) is 49.8 Å². The summed E-state index contributed by atoms with van der Waals surface area (Å²) in [6.07, 6.45) is 2.79. The van der Waals surface area contributed by atoms with Crippen molar-refractivity contribution in [3.63, 3.8) is 0 Å². The van der Waals surface area contributed by atoms with E-state index in [1.165, 1.54) is 10.9 Å². The molecule has 0 radical (unpaired) electrons. The van der Waals surface area contributed by atoms with Gasteiger partial charge in [-0.2, -0.15) is 0 Å². The number of rotatable bonds is 8. The number of para-hydroxylation sites is 1. The van der Waals surface area contributed by atoms with Crippen molar-refractivity contribution in [3.05, 3.63) is 60.3 Å². The van der Waals surface area contributed by atoms with Crippen LogP contribution < -0.4 is 14.8 Å². The van der Waals surface area contributed by atoms with Gasteiger partial charge in [0.05, 0.1) is 13.7 Å². The summed E-state index contributed by atoms with van der Waals surface area (Å²) >= 11 is 0. The zero-order chi connectivity index (χ0) is 19.1. The van der Waals surface area contributed by atoms with Gasteiger partial charge in [0.15, 0.2) is 0 Å². The number of ether oxygens (including phenoxy) is 2. The monoisotopic (exact) mass is 367 g/mol. The SMILES string of the molecule is COc1ccc(OCCN(C)C(=O)NCCc2c[nH]c3ccccc23)cc1. The Morgan fingerprint density at radius 1 is 1.11 bits per heavy atom. The summed E-state index contributed by atoms with van der Waals surface area (Å²) in [6, 6.07) is 15.4. The summed E-state index contributed by atoms with van der Waals surface area (Å²) in [4.78, 5) is 17.1. The van der Waals surface area contributed by atoms with Gasteiger partial charge in [-0.1, -0.05) is 18.2 Å². The van der Waals surface area contributed by atoms with Gasteiger partial charge in [0.2, 0.25) is 0 Å². The van der Waals surface area contributed by atoms with Gasteiger partial charge in [-0.25, -0.2) is 4.79 Å². The fraction of sp³-hybridized carbons (Fsp3) is 0.286. The van der Waals surface area contributed by atoms with Crippen molar-refractivity contribution in [2.45, 2.75) is 6.42 Å². The number of benzene rings is 2. The summed E-state index contributed by atoms with van der Waals surface area (Å²) in [5.41, 5.74) is 2.32. The third kappa shape index (κ3) is 4.94. The van der Waals surface area contributed by atoms with Gasteiger partial charge in [0, 0.05) is 30.7 Å². The van der Waals surface area contributed by atoms with E-state index in [1.807, 2.05) is 48.7 Å². The summed E-state index contributed by atoms with van der Waals surface area (Å²) in [7, 11) is 3.39. The molecule has 6 heteroatoms. The predicted molar refractivity (Wildman–Crippen MR) is 107 cm³/mol. The van der Waals surface area contributed by atoms with E-state index in [2.05, 4.69) is 16.4 Å². The molecule has 0 aliphatic carbocycles. The molecule has 6 nitrogen and oxygen atoms in total. The highest BCUT2D eigenvalue weighted by molar-refractivity contribution is 5.83. The van der Waals surface area contributed by atoms with Crippen LogP contribution in [0.5, 0.6) is 11.5 Å². The average molecular weight is 367 g/mol. The predicted octanol–water partition coefficient (Wildman–Crippen LogP) is 3.44. The van der Waals surface area contributed by atoms with E-state index >= 15 is 0 Å².